The normalized spacial score (nSPS) is 15.2. The number of hydrogen-bond donors (Lipinski definition) is 2. The van der Waals surface area contributed by atoms with Gasteiger partial charge in [-0.3, -0.25) is 4.68 Å². The molecule has 2 atom stereocenters. The number of aliphatic hydroxyl groups excluding tert-OH is 1. The van der Waals surface area contributed by atoms with Gasteiger partial charge < -0.3 is 10.4 Å². The molecular formula is C11H21N3O. The fourth-order valence-corrected chi connectivity index (χ4v) is 1.81. The van der Waals surface area contributed by atoms with Crippen molar-refractivity contribution < 1.29 is 5.11 Å². The maximum atomic E-state index is 8.91. The summed E-state index contributed by atoms with van der Waals surface area (Å²) in [6.45, 7) is 4.49. The standard InChI is InChI=1S/C11H21N3O/c1-4-10(6-8-15)13-9(2)11-5-7-12-14(11)3/h5,7,9-10,13,15H,4,6,8H2,1-3H3. The van der Waals surface area contributed by atoms with Gasteiger partial charge in [-0.05, 0) is 25.8 Å². The lowest BCUT2D eigenvalue weighted by atomic mass is 10.1. The van der Waals surface area contributed by atoms with E-state index in [4.69, 9.17) is 5.11 Å². The molecule has 1 aromatic rings. The molecule has 1 rings (SSSR count). The van der Waals surface area contributed by atoms with Crippen LogP contribution in [0.3, 0.4) is 0 Å². The first-order valence-electron chi connectivity index (χ1n) is 5.53. The number of hydrogen-bond acceptors (Lipinski definition) is 3. The lowest BCUT2D eigenvalue weighted by molar-refractivity contribution is 0.256. The molecule has 15 heavy (non-hydrogen) atoms. The highest BCUT2D eigenvalue weighted by Crippen LogP contribution is 2.12. The monoisotopic (exact) mass is 211 g/mol. The van der Waals surface area contributed by atoms with Gasteiger partial charge >= 0.3 is 0 Å². The predicted octanol–water partition coefficient (Wildman–Crippen LogP) is 1.23. The van der Waals surface area contributed by atoms with Crippen LogP contribution < -0.4 is 5.32 Å². The van der Waals surface area contributed by atoms with Crippen molar-refractivity contribution in [2.45, 2.75) is 38.8 Å². The molecule has 0 bridgehead atoms. The molecule has 4 nitrogen and oxygen atoms in total. The van der Waals surface area contributed by atoms with Gasteiger partial charge in [0.15, 0.2) is 0 Å². The van der Waals surface area contributed by atoms with Crippen molar-refractivity contribution in [1.29, 1.82) is 0 Å². The second-order valence-electron chi connectivity index (χ2n) is 3.89. The summed E-state index contributed by atoms with van der Waals surface area (Å²) in [4.78, 5) is 0. The molecule has 0 aliphatic rings. The van der Waals surface area contributed by atoms with Gasteiger partial charge in [-0.15, -0.1) is 0 Å². The molecule has 86 valence electrons. The van der Waals surface area contributed by atoms with Crippen molar-refractivity contribution in [1.82, 2.24) is 15.1 Å². The summed E-state index contributed by atoms with van der Waals surface area (Å²) >= 11 is 0. The van der Waals surface area contributed by atoms with Gasteiger partial charge in [0.05, 0.1) is 5.69 Å². The van der Waals surface area contributed by atoms with Crippen LogP contribution in [0.4, 0.5) is 0 Å². The Morgan fingerprint density at radius 2 is 2.33 bits per heavy atom. The van der Waals surface area contributed by atoms with E-state index in [9.17, 15) is 0 Å². The van der Waals surface area contributed by atoms with Gasteiger partial charge in [0.2, 0.25) is 0 Å². The third-order valence-corrected chi connectivity index (χ3v) is 2.76. The van der Waals surface area contributed by atoms with Gasteiger partial charge in [-0.1, -0.05) is 6.92 Å². The summed E-state index contributed by atoms with van der Waals surface area (Å²) in [6, 6.07) is 2.66. The minimum atomic E-state index is 0.240. The summed E-state index contributed by atoms with van der Waals surface area (Å²) < 4.78 is 1.88. The van der Waals surface area contributed by atoms with Crippen LogP contribution in [0, 0.1) is 0 Å². The lowest BCUT2D eigenvalue weighted by Crippen LogP contribution is -2.32. The molecule has 1 aromatic heterocycles. The highest BCUT2D eigenvalue weighted by molar-refractivity contribution is 5.05. The first-order valence-corrected chi connectivity index (χ1v) is 5.53. The second kappa shape index (κ2) is 5.88. The quantitative estimate of drug-likeness (QED) is 0.744. The zero-order chi connectivity index (χ0) is 11.3. The van der Waals surface area contributed by atoms with E-state index in [1.165, 1.54) is 5.69 Å². The van der Waals surface area contributed by atoms with Crippen molar-refractivity contribution in [2.24, 2.45) is 7.05 Å². The van der Waals surface area contributed by atoms with Crippen LogP contribution in [-0.4, -0.2) is 27.5 Å². The molecule has 0 saturated carbocycles. The van der Waals surface area contributed by atoms with E-state index in [1.54, 1.807) is 6.20 Å². The molecule has 2 unspecified atom stereocenters. The fourth-order valence-electron chi connectivity index (χ4n) is 1.81. The van der Waals surface area contributed by atoms with Crippen LogP contribution >= 0.6 is 0 Å². The highest BCUT2D eigenvalue weighted by Gasteiger charge is 2.13. The third-order valence-electron chi connectivity index (χ3n) is 2.76. The van der Waals surface area contributed by atoms with Gasteiger partial charge in [-0.2, -0.15) is 5.10 Å². The number of aryl methyl sites for hydroxylation is 1. The maximum Gasteiger partial charge on any atom is 0.0547 e. The van der Waals surface area contributed by atoms with Crippen molar-refractivity contribution >= 4 is 0 Å². The Bertz CT molecular complexity index is 285. The summed E-state index contributed by atoms with van der Waals surface area (Å²) in [6.07, 6.45) is 3.64. The molecule has 2 N–H and O–H groups in total. The zero-order valence-electron chi connectivity index (χ0n) is 9.77. The molecule has 0 aliphatic heterocycles. The van der Waals surface area contributed by atoms with Crippen LogP contribution in [0.25, 0.3) is 0 Å². The van der Waals surface area contributed by atoms with Crippen LogP contribution in [0.15, 0.2) is 12.3 Å². The topological polar surface area (TPSA) is 50.1 Å². The van der Waals surface area contributed by atoms with Crippen LogP contribution in [0.1, 0.15) is 38.4 Å². The number of nitrogens with zero attached hydrogens (tertiary/aromatic N) is 2. The fraction of sp³-hybridized carbons (Fsp3) is 0.727. The Balaban J connectivity index is 2.54. The molecule has 1 heterocycles. The zero-order valence-corrected chi connectivity index (χ0v) is 9.77. The number of aromatic nitrogens is 2. The highest BCUT2D eigenvalue weighted by atomic mass is 16.3. The van der Waals surface area contributed by atoms with Gasteiger partial charge in [-0.25, -0.2) is 0 Å². The smallest absolute Gasteiger partial charge is 0.0547 e. The van der Waals surface area contributed by atoms with E-state index in [0.717, 1.165) is 12.8 Å². The first-order chi connectivity index (χ1) is 7.19. The van der Waals surface area contributed by atoms with Gasteiger partial charge in [0, 0.05) is 31.9 Å². The summed E-state index contributed by atoms with van der Waals surface area (Å²) in [5, 5.41) is 16.5. The first kappa shape index (κ1) is 12.2. The van der Waals surface area contributed by atoms with E-state index in [1.807, 2.05) is 17.8 Å². The summed E-state index contributed by atoms with van der Waals surface area (Å²) in [5.74, 6) is 0. The second-order valence-corrected chi connectivity index (χ2v) is 3.89. The lowest BCUT2D eigenvalue weighted by Gasteiger charge is -2.21. The minimum Gasteiger partial charge on any atom is -0.396 e. The molecule has 0 amide bonds. The number of nitrogens with one attached hydrogen (secondary N) is 1. The molecule has 0 radical (unpaired) electrons. The van der Waals surface area contributed by atoms with Crippen LogP contribution in [0.5, 0.6) is 0 Å². The van der Waals surface area contributed by atoms with E-state index in [-0.39, 0.29) is 12.6 Å². The van der Waals surface area contributed by atoms with E-state index in [0.29, 0.717) is 6.04 Å². The Morgan fingerprint density at radius 3 is 2.80 bits per heavy atom. The average Bonchev–Trinajstić information content (AvgIpc) is 2.63. The van der Waals surface area contributed by atoms with Crippen LogP contribution in [-0.2, 0) is 7.05 Å². The Kier molecular flexibility index (Phi) is 4.78. The van der Waals surface area contributed by atoms with Crippen LogP contribution in [0.2, 0.25) is 0 Å². The molecule has 0 spiro atoms. The molecular weight excluding hydrogens is 190 g/mol. The number of rotatable bonds is 6. The number of aliphatic hydroxyl groups is 1. The largest absolute Gasteiger partial charge is 0.396 e. The third kappa shape index (κ3) is 3.32. The van der Waals surface area contributed by atoms with Gasteiger partial charge in [0.1, 0.15) is 0 Å². The molecule has 4 heteroatoms. The Morgan fingerprint density at radius 1 is 1.60 bits per heavy atom. The Labute approximate surface area is 91.3 Å². The maximum absolute atomic E-state index is 8.91. The molecule has 0 aromatic carbocycles. The summed E-state index contributed by atoms with van der Waals surface area (Å²) in [7, 11) is 1.94. The average molecular weight is 211 g/mol. The van der Waals surface area contributed by atoms with Crippen molar-refractivity contribution in [3.63, 3.8) is 0 Å². The molecule has 0 saturated heterocycles. The van der Waals surface area contributed by atoms with Crippen molar-refractivity contribution in [3.8, 4) is 0 Å². The minimum absolute atomic E-state index is 0.240. The SMILES string of the molecule is CCC(CCO)NC(C)c1ccnn1C. The van der Waals surface area contributed by atoms with E-state index >= 15 is 0 Å². The van der Waals surface area contributed by atoms with Crippen molar-refractivity contribution in [3.05, 3.63) is 18.0 Å². The molecule has 0 fully saturated rings. The van der Waals surface area contributed by atoms with E-state index < -0.39 is 0 Å². The van der Waals surface area contributed by atoms with Gasteiger partial charge in [0.25, 0.3) is 0 Å². The predicted molar refractivity (Wildman–Crippen MR) is 60.5 cm³/mol. The summed E-state index contributed by atoms with van der Waals surface area (Å²) in [5.41, 5.74) is 1.17. The van der Waals surface area contributed by atoms with E-state index in [2.05, 4.69) is 24.3 Å². The Hall–Kier alpha value is -0.870. The molecule has 0 aliphatic carbocycles. The van der Waals surface area contributed by atoms with Crippen molar-refractivity contribution in [2.75, 3.05) is 6.61 Å².